The first-order valence-corrected chi connectivity index (χ1v) is 5.18. The maximum absolute atomic E-state index is 5.42. The van der Waals surface area contributed by atoms with Crippen LogP contribution in [-0.2, 0) is 12.8 Å². The van der Waals surface area contributed by atoms with Crippen LogP contribution in [0.1, 0.15) is 16.7 Å². The van der Waals surface area contributed by atoms with Gasteiger partial charge in [-0.05, 0) is 55.6 Å². The molecule has 0 spiro atoms. The van der Waals surface area contributed by atoms with Crippen LogP contribution in [0.25, 0.3) is 0 Å². The number of aryl methyl sites for hydroxylation is 1. The van der Waals surface area contributed by atoms with Crippen molar-refractivity contribution in [2.75, 3.05) is 20.2 Å². The molecule has 14 heavy (non-hydrogen) atoms. The Morgan fingerprint density at radius 3 is 2.79 bits per heavy atom. The zero-order chi connectivity index (χ0) is 9.97. The van der Waals surface area contributed by atoms with E-state index in [0.29, 0.717) is 0 Å². The molecular formula is C12H17NO. The Labute approximate surface area is 85.3 Å². The molecule has 76 valence electrons. The average Bonchev–Trinajstić information content (AvgIpc) is 2.41. The van der Waals surface area contributed by atoms with Crippen molar-refractivity contribution < 1.29 is 4.74 Å². The summed E-state index contributed by atoms with van der Waals surface area (Å²) in [4.78, 5) is 0. The van der Waals surface area contributed by atoms with Crippen LogP contribution in [0.5, 0.6) is 5.75 Å². The Hall–Kier alpha value is -1.02. The van der Waals surface area contributed by atoms with Crippen molar-refractivity contribution in [2.45, 2.75) is 19.8 Å². The Morgan fingerprint density at radius 1 is 1.21 bits per heavy atom. The second kappa shape index (κ2) is 4.01. The maximum Gasteiger partial charge on any atom is 0.122 e. The van der Waals surface area contributed by atoms with Crippen molar-refractivity contribution >= 4 is 0 Å². The molecule has 1 aliphatic rings. The van der Waals surface area contributed by atoms with Gasteiger partial charge >= 0.3 is 0 Å². The molecule has 0 fully saturated rings. The minimum absolute atomic E-state index is 1.06. The van der Waals surface area contributed by atoms with Crippen LogP contribution < -0.4 is 10.1 Å². The van der Waals surface area contributed by atoms with Crippen molar-refractivity contribution in [3.8, 4) is 5.75 Å². The molecule has 0 unspecified atom stereocenters. The lowest BCUT2D eigenvalue weighted by atomic mass is 9.99. The lowest BCUT2D eigenvalue weighted by molar-refractivity contribution is 0.409. The topological polar surface area (TPSA) is 21.3 Å². The Morgan fingerprint density at radius 2 is 2.00 bits per heavy atom. The molecule has 1 heterocycles. The monoisotopic (exact) mass is 191 g/mol. The van der Waals surface area contributed by atoms with E-state index >= 15 is 0 Å². The normalized spacial score (nSPS) is 15.9. The Balaban J connectivity index is 2.46. The molecule has 0 radical (unpaired) electrons. The summed E-state index contributed by atoms with van der Waals surface area (Å²) in [7, 11) is 1.76. The first-order valence-electron chi connectivity index (χ1n) is 5.18. The van der Waals surface area contributed by atoms with E-state index in [1.165, 1.54) is 16.7 Å². The number of nitrogens with one attached hydrogen (secondary N) is 1. The van der Waals surface area contributed by atoms with Crippen molar-refractivity contribution in [3.63, 3.8) is 0 Å². The third-order valence-corrected chi connectivity index (χ3v) is 2.79. The summed E-state index contributed by atoms with van der Waals surface area (Å²) in [6, 6.07) is 4.41. The lowest BCUT2D eigenvalue weighted by Gasteiger charge is -2.12. The number of rotatable bonds is 1. The largest absolute Gasteiger partial charge is 0.496 e. The van der Waals surface area contributed by atoms with Gasteiger partial charge in [0, 0.05) is 0 Å². The van der Waals surface area contributed by atoms with Gasteiger partial charge in [-0.3, -0.25) is 0 Å². The summed E-state index contributed by atoms with van der Waals surface area (Å²) in [5.74, 6) is 1.06. The van der Waals surface area contributed by atoms with Gasteiger partial charge in [0.15, 0.2) is 0 Å². The minimum Gasteiger partial charge on any atom is -0.496 e. The first kappa shape index (κ1) is 9.53. The highest BCUT2D eigenvalue weighted by Crippen LogP contribution is 2.26. The number of benzene rings is 1. The van der Waals surface area contributed by atoms with Gasteiger partial charge in [-0.1, -0.05) is 6.07 Å². The van der Waals surface area contributed by atoms with Crippen LogP contribution in [0, 0.1) is 6.92 Å². The fraction of sp³-hybridized carbons (Fsp3) is 0.500. The summed E-state index contributed by atoms with van der Waals surface area (Å²) in [6.07, 6.45) is 2.20. The van der Waals surface area contributed by atoms with Crippen molar-refractivity contribution in [2.24, 2.45) is 0 Å². The van der Waals surface area contributed by atoms with Crippen molar-refractivity contribution in [1.29, 1.82) is 0 Å². The third kappa shape index (κ3) is 1.75. The Kier molecular flexibility index (Phi) is 2.73. The van der Waals surface area contributed by atoms with E-state index in [9.17, 15) is 0 Å². The molecule has 0 saturated carbocycles. The third-order valence-electron chi connectivity index (χ3n) is 2.79. The molecule has 2 rings (SSSR count). The summed E-state index contributed by atoms with van der Waals surface area (Å²) >= 11 is 0. The van der Waals surface area contributed by atoms with Gasteiger partial charge in [0.1, 0.15) is 5.75 Å². The highest BCUT2D eigenvalue weighted by molar-refractivity contribution is 5.44. The molecule has 1 aromatic rings. The lowest BCUT2D eigenvalue weighted by Crippen LogP contribution is -2.16. The molecule has 1 aromatic carbocycles. The van der Waals surface area contributed by atoms with Crippen LogP contribution in [-0.4, -0.2) is 20.2 Å². The van der Waals surface area contributed by atoms with E-state index in [-0.39, 0.29) is 0 Å². The van der Waals surface area contributed by atoms with Gasteiger partial charge < -0.3 is 10.1 Å². The number of hydrogen-bond donors (Lipinski definition) is 1. The fourth-order valence-corrected chi connectivity index (χ4v) is 2.11. The zero-order valence-corrected chi connectivity index (χ0v) is 8.89. The fourth-order valence-electron chi connectivity index (χ4n) is 2.11. The SMILES string of the molecule is COc1cc(C)cc2c1CCNCC2. The van der Waals surface area contributed by atoms with Gasteiger partial charge in [0.2, 0.25) is 0 Å². The highest BCUT2D eigenvalue weighted by atomic mass is 16.5. The van der Waals surface area contributed by atoms with Crippen molar-refractivity contribution in [3.05, 3.63) is 28.8 Å². The van der Waals surface area contributed by atoms with Crippen LogP contribution in [0.15, 0.2) is 12.1 Å². The summed E-state index contributed by atoms with van der Waals surface area (Å²) in [5, 5.41) is 3.41. The summed E-state index contributed by atoms with van der Waals surface area (Å²) in [6.45, 7) is 4.27. The van der Waals surface area contributed by atoms with E-state index in [1.54, 1.807) is 7.11 Å². The molecule has 2 nitrogen and oxygen atoms in total. The maximum atomic E-state index is 5.42. The minimum atomic E-state index is 1.06. The molecule has 0 amide bonds. The van der Waals surface area contributed by atoms with Crippen LogP contribution in [0.3, 0.4) is 0 Å². The molecule has 1 aliphatic heterocycles. The van der Waals surface area contributed by atoms with E-state index < -0.39 is 0 Å². The molecule has 0 bridgehead atoms. The molecule has 0 saturated heterocycles. The van der Waals surface area contributed by atoms with Gasteiger partial charge in [-0.15, -0.1) is 0 Å². The highest BCUT2D eigenvalue weighted by Gasteiger charge is 2.12. The Bertz CT molecular complexity index is 333. The summed E-state index contributed by atoms with van der Waals surface area (Å²) < 4.78 is 5.42. The molecule has 2 heteroatoms. The van der Waals surface area contributed by atoms with Crippen molar-refractivity contribution in [1.82, 2.24) is 5.32 Å². The van der Waals surface area contributed by atoms with Gasteiger partial charge in [-0.25, -0.2) is 0 Å². The molecule has 0 atom stereocenters. The second-order valence-electron chi connectivity index (χ2n) is 3.85. The summed E-state index contributed by atoms with van der Waals surface area (Å²) in [5.41, 5.74) is 4.14. The second-order valence-corrected chi connectivity index (χ2v) is 3.85. The van der Waals surface area contributed by atoms with E-state index in [0.717, 1.165) is 31.7 Å². The average molecular weight is 191 g/mol. The number of hydrogen-bond acceptors (Lipinski definition) is 2. The van der Waals surface area contributed by atoms with E-state index in [2.05, 4.69) is 24.4 Å². The van der Waals surface area contributed by atoms with Gasteiger partial charge in [0.05, 0.1) is 7.11 Å². The number of methoxy groups -OCH3 is 1. The number of fused-ring (bicyclic) bond motifs is 1. The number of ether oxygens (including phenoxy) is 1. The smallest absolute Gasteiger partial charge is 0.122 e. The molecule has 0 aliphatic carbocycles. The predicted octanol–water partition coefficient (Wildman–Crippen LogP) is 1.69. The first-order chi connectivity index (χ1) is 6.81. The quantitative estimate of drug-likeness (QED) is 0.729. The van der Waals surface area contributed by atoms with E-state index in [1.807, 2.05) is 0 Å². The van der Waals surface area contributed by atoms with Gasteiger partial charge in [0.25, 0.3) is 0 Å². The molecular weight excluding hydrogens is 174 g/mol. The zero-order valence-electron chi connectivity index (χ0n) is 8.89. The molecule has 1 N–H and O–H groups in total. The molecule has 0 aromatic heterocycles. The predicted molar refractivity (Wildman–Crippen MR) is 58.0 cm³/mol. The van der Waals surface area contributed by atoms with E-state index in [4.69, 9.17) is 4.74 Å². The van der Waals surface area contributed by atoms with Gasteiger partial charge in [-0.2, -0.15) is 0 Å². The standard InChI is InChI=1S/C12H17NO/c1-9-7-10-3-5-13-6-4-11(10)12(8-9)14-2/h7-8,13H,3-6H2,1-2H3. The van der Waals surface area contributed by atoms with Crippen LogP contribution in [0.4, 0.5) is 0 Å². The van der Waals surface area contributed by atoms with Crippen LogP contribution >= 0.6 is 0 Å². The van der Waals surface area contributed by atoms with Crippen LogP contribution in [0.2, 0.25) is 0 Å².